The Bertz CT molecular complexity index is 425. The van der Waals surface area contributed by atoms with Crippen LogP contribution in [0.4, 0.5) is 0 Å². The minimum absolute atomic E-state index is 0.0709. The largest absolute Gasteiger partial charge is 0.342 e. The van der Waals surface area contributed by atoms with Crippen LogP contribution in [0.2, 0.25) is 0 Å². The van der Waals surface area contributed by atoms with Gasteiger partial charge in [0.15, 0.2) is 0 Å². The highest BCUT2D eigenvalue weighted by molar-refractivity contribution is 8.00. The van der Waals surface area contributed by atoms with E-state index in [2.05, 4.69) is 29.7 Å². The number of hydrogen-bond acceptors (Lipinski definition) is 4. The second-order valence-electron chi connectivity index (χ2n) is 4.04. The molecular weight excluding hydrogens is 258 g/mol. The molecule has 19 heavy (non-hydrogen) atoms. The Hall–Kier alpha value is -1.51. The highest BCUT2D eigenvalue weighted by Gasteiger charge is 2.02. The predicted molar refractivity (Wildman–Crippen MR) is 77.8 cm³/mol. The molecule has 0 radical (unpaired) electrons. The summed E-state index contributed by atoms with van der Waals surface area (Å²) in [5.74, 6) is 0.231. The number of nitrogens with zero attached hydrogens (tertiary/aromatic N) is 1. The second-order valence-corrected chi connectivity index (χ2v) is 5.09. The third-order valence-corrected chi connectivity index (χ3v) is 3.43. The molecule has 0 saturated carbocycles. The van der Waals surface area contributed by atoms with Crippen molar-refractivity contribution >= 4 is 17.7 Å². The first kappa shape index (κ1) is 15.5. The van der Waals surface area contributed by atoms with E-state index >= 15 is 0 Å². The van der Waals surface area contributed by atoms with Gasteiger partial charge in [0.25, 0.3) is 0 Å². The van der Waals surface area contributed by atoms with Gasteiger partial charge in [-0.05, 0) is 30.7 Å². The average Bonchev–Trinajstić information content (AvgIpc) is 2.44. The first-order valence-corrected chi connectivity index (χ1v) is 7.31. The number of carbonyl (C=O) groups is 1. The molecule has 0 bridgehead atoms. The van der Waals surface area contributed by atoms with E-state index in [1.54, 1.807) is 0 Å². The molecule has 0 fully saturated rings. The molecule has 0 saturated heterocycles. The summed E-state index contributed by atoms with van der Waals surface area (Å²) in [5, 5.41) is 14.2. The number of amides is 1. The summed E-state index contributed by atoms with van der Waals surface area (Å²) in [6, 6.07) is 10.1. The molecule has 0 aliphatic carbocycles. The standard InChI is InChI=1S/C14H19N3OS/c1-2-8-16-10-12-3-5-13(6-4-12)19-11-14(18)17-9-7-15/h3-6,16H,2,8-11H2,1H3,(H,17,18). The highest BCUT2D eigenvalue weighted by atomic mass is 32.2. The van der Waals surface area contributed by atoms with E-state index in [-0.39, 0.29) is 12.5 Å². The summed E-state index contributed by atoms with van der Waals surface area (Å²) in [6.45, 7) is 4.11. The summed E-state index contributed by atoms with van der Waals surface area (Å²) in [4.78, 5) is 12.4. The number of carbonyl (C=O) groups excluding carboxylic acids is 1. The average molecular weight is 277 g/mol. The topological polar surface area (TPSA) is 64.9 Å². The summed E-state index contributed by atoms with van der Waals surface area (Å²) in [6.07, 6.45) is 1.13. The normalized spacial score (nSPS) is 9.89. The van der Waals surface area contributed by atoms with Crippen LogP contribution in [0.25, 0.3) is 0 Å². The van der Waals surface area contributed by atoms with Crippen molar-refractivity contribution in [1.82, 2.24) is 10.6 Å². The molecule has 0 heterocycles. The fraction of sp³-hybridized carbons (Fsp3) is 0.429. The van der Waals surface area contributed by atoms with Crippen molar-refractivity contribution in [3.8, 4) is 6.07 Å². The minimum atomic E-state index is -0.111. The van der Waals surface area contributed by atoms with Crippen molar-refractivity contribution in [2.45, 2.75) is 24.8 Å². The first-order valence-electron chi connectivity index (χ1n) is 6.32. The summed E-state index contributed by atoms with van der Waals surface area (Å²) >= 11 is 1.47. The third-order valence-electron chi connectivity index (χ3n) is 2.41. The molecule has 0 aliphatic heterocycles. The Kier molecular flexibility index (Phi) is 7.71. The van der Waals surface area contributed by atoms with Crippen molar-refractivity contribution in [2.75, 3.05) is 18.8 Å². The quantitative estimate of drug-likeness (QED) is 0.433. The minimum Gasteiger partial charge on any atom is -0.342 e. The van der Waals surface area contributed by atoms with E-state index in [0.717, 1.165) is 24.4 Å². The van der Waals surface area contributed by atoms with Gasteiger partial charge in [0.1, 0.15) is 6.54 Å². The van der Waals surface area contributed by atoms with Gasteiger partial charge in [-0.25, -0.2) is 0 Å². The Morgan fingerprint density at radius 2 is 2.11 bits per heavy atom. The lowest BCUT2D eigenvalue weighted by Gasteiger charge is -2.05. The highest BCUT2D eigenvalue weighted by Crippen LogP contribution is 2.18. The second kappa shape index (κ2) is 9.42. The Morgan fingerprint density at radius 3 is 2.74 bits per heavy atom. The van der Waals surface area contributed by atoms with Gasteiger partial charge >= 0.3 is 0 Å². The molecule has 0 unspecified atom stereocenters. The monoisotopic (exact) mass is 277 g/mol. The molecule has 1 amide bonds. The van der Waals surface area contributed by atoms with Gasteiger partial charge < -0.3 is 10.6 Å². The first-order chi connectivity index (χ1) is 9.26. The molecule has 4 nitrogen and oxygen atoms in total. The van der Waals surface area contributed by atoms with Crippen molar-refractivity contribution in [3.63, 3.8) is 0 Å². The lowest BCUT2D eigenvalue weighted by Crippen LogP contribution is -2.25. The molecule has 1 rings (SSSR count). The number of nitriles is 1. The van der Waals surface area contributed by atoms with Crippen molar-refractivity contribution in [2.24, 2.45) is 0 Å². The van der Waals surface area contributed by atoms with Crippen LogP contribution in [0.15, 0.2) is 29.2 Å². The van der Waals surface area contributed by atoms with Crippen LogP contribution < -0.4 is 10.6 Å². The number of nitrogens with one attached hydrogen (secondary N) is 2. The van der Waals surface area contributed by atoms with E-state index in [1.165, 1.54) is 17.3 Å². The van der Waals surface area contributed by atoms with Crippen molar-refractivity contribution < 1.29 is 4.79 Å². The van der Waals surface area contributed by atoms with E-state index in [4.69, 9.17) is 5.26 Å². The van der Waals surface area contributed by atoms with Gasteiger partial charge in [-0.2, -0.15) is 5.26 Å². The van der Waals surface area contributed by atoms with Gasteiger partial charge in [0.2, 0.25) is 5.91 Å². The van der Waals surface area contributed by atoms with Crippen molar-refractivity contribution in [1.29, 1.82) is 5.26 Å². The van der Waals surface area contributed by atoms with Crippen molar-refractivity contribution in [3.05, 3.63) is 29.8 Å². The van der Waals surface area contributed by atoms with Gasteiger partial charge in [0, 0.05) is 11.4 Å². The predicted octanol–water partition coefficient (Wildman–Crippen LogP) is 1.92. The molecule has 0 aliphatic rings. The van der Waals surface area contributed by atoms with Crippen LogP contribution in [-0.2, 0) is 11.3 Å². The van der Waals surface area contributed by atoms with E-state index in [1.807, 2.05) is 18.2 Å². The van der Waals surface area contributed by atoms with E-state index in [9.17, 15) is 4.79 Å². The molecule has 2 N–H and O–H groups in total. The number of rotatable bonds is 8. The van der Waals surface area contributed by atoms with Gasteiger partial charge in [-0.1, -0.05) is 19.1 Å². The van der Waals surface area contributed by atoms with Crippen LogP contribution in [0.1, 0.15) is 18.9 Å². The Balaban J connectivity index is 2.32. The molecule has 1 aromatic rings. The summed E-state index contributed by atoms with van der Waals surface area (Å²) < 4.78 is 0. The van der Waals surface area contributed by atoms with Gasteiger partial charge in [-0.3, -0.25) is 4.79 Å². The Labute approximate surface area is 118 Å². The van der Waals surface area contributed by atoms with Crippen LogP contribution in [0.3, 0.4) is 0 Å². The SMILES string of the molecule is CCCNCc1ccc(SCC(=O)NCC#N)cc1. The molecule has 1 aromatic carbocycles. The number of thioether (sulfide) groups is 1. The molecule has 102 valence electrons. The summed E-state index contributed by atoms with van der Waals surface area (Å²) in [7, 11) is 0. The van der Waals surface area contributed by atoms with E-state index in [0.29, 0.717) is 5.75 Å². The maximum Gasteiger partial charge on any atom is 0.231 e. The fourth-order valence-corrected chi connectivity index (χ4v) is 2.18. The van der Waals surface area contributed by atoms with Gasteiger partial charge in [-0.15, -0.1) is 11.8 Å². The maximum atomic E-state index is 11.3. The molecule has 0 atom stereocenters. The van der Waals surface area contributed by atoms with Crippen LogP contribution in [-0.4, -0.2) is 24.7 Å². The van der Waals surface area contributed by atoms with Gasteiger partial charge in [0.05, 0.1) is 11.8 Å². The van der Waals surface area contributed by atoms with Crippen LogP contribution in [0.5, 0.6) is 0 Å². The number of benzene rings is 1. The zero-order valence-electron chi connectivity index (χ0n) is 11.1. The van der Waals surface area contributed by atoms with E-state index < -0.39 is 0 Å². The smallest absolute Gasteiger partial charge is 0.231 e. The molecule has 5 heteroatoms. The van der Waals surface area contributed by atoms with Crippen LogP contribution in [0, 0.1) is 11.3 Å². The molecule has 0 spiro atoms. The fourth-order valence-electron chi connectivity index (χ4n) is 1.45. The number of hydrogen-bond donors (Lipinski definition) is 2. The molecule has 0 aromatic heterocycles. The zero-order chi connectivity index (χ0) is 13.9. The zero-order valence-corrected chi connectivity index (χ0v) is 11.9. The lowest BCUT2D eigenvalue weighted by molar-refractivity contribution is -0.118. The summed E-state index contributed by atoms with van der Waals surface area (Å²) in [5.41, 5.74) is 1.24. The molecular formula is C14H19N3OS. The Morgan fingerprint density at radius 1 is 1.37 bits per heavy atom. The third kappa shape index (κ3) is 6.85. The van der Waals surface area contributed by atoms with Crippen LogP contribution >= 0.6 is 11.8 Å². The maximum absolute atomic E-state index is 11.3. The lowest BCUT2D eigenvalue weighted by atomic mass is 10.2.